The second kappa shape index (κ2) is 9.69. The van der Waals surface area contributed by atoms with Crippen LogP contribution in [0, 0.1) is 13.8 Å². The van der Waals surface area contributed by atoms with Gasteiger partial charge < -0.3 is 10.2 Å². The lowest BCUT2D eigenvalue weighted by molar-refractivity contribution is 0.239. The minimum Gasteiger partial charge on any atom is -0.314 e. The third kappa shape index (κ3) is 5.68. The van der Waals surface area contributed by atoms with Gasteiger partial charge in [0.1, 0.15) is 4.90 Å². The van der Waals surface area contributed by atoms with Crippen LogP contribution in [0.2, 0.25) is 0 Å². The number of aromatic nitrogens is 2. The van der Waals surface area contributed by atoms with E-state index >= 15 is 0 Å². The molecule has 3 N–H and O–H groups in total. The molecule has 0 aliphatic carbocycles. The van der Waals surface area contributed by atoms with E-state index in [0.717, 1.165) is 39.1 Å². The van der Waals surface area contributed by atoms with Crippen LogP contribution >= 0.6 is 24.8 Å². The molecule has 22 heavy (non-hydrogen) atoms. The van der Waals surface area contributed by atoms with Crippen molar-refractivity contribution in [3.05, 3.63) is 11.4 Å². The molecule has 1 aliphatic heterocycles. The Balaban J connectivity index is 0.00000220. The monoisotopic (exact) mass is 373 g/mol. The predicted molar refractivity (Wildman–Crippen MR) is 91.7 cm³/mol. The molecule has 1 aliphatic rings. The highest BCUT2D eigenvalue weighted by Crippen LogP contribution is 2.15. The van der Waals surface area contributed by atoms with Gasteiger partial charge in [-0.05, 0) is 26.8 Å². The average molecular weight is 374 g/mol. The summed E-state index contributed by atoms with van der Waals surface area (Å²) < 4.78 is 27.0. The van der Waals surface area contributed by atoms with Crippen LogP contribution in [0.25, 0.3) is 0 Å². The second-order valence-corrected chi connectivity index (χ2v) is 6.81. The summed E-state index contributed by atoms with van der Waals surface area (Å²) in [6.07, 6.45) is 0.815. The van der Waals surface area contributed by atoms with Crippen LogP contribution in [-0.4, -0.2) is 62.8 Å². The topological polar surface area (TPSA) is 90.1 Å². The van der Waals surface area contributed by atoms with Crippen LogP contribution < -0.4 is 10.0 Å². The van der Waals surface area contributed by atoms with E-state index in [9.17, 15) is 8.42 Å². The summed E-state index contributed by atoms with van der Waals surface area (Å²) in [4.78, 5) is 2.62. The largest absolute Gasteiger partial charge is 0.314 e. The molecule has 2 rings (SSSR count). The van der Waals surface area contributed by atoms with Gasteiger partial charge in [-0.25, -0.2) is 13.1 Å². The van der Waals surface area contributed by atoms with Crippen LogP contribution in [0.3, 0.4) is 0 Å². The molecule has 0 amide bonds. The first-order valence-electron chi connectivity index (χ1n) is 6.95. The number of aromatic amines is 1. The fourth-order valence-corrected chi connectivity index (χ4v) is 3.89. The Kier molecular flexibility index (Phi) is 9.52. The molecule has 1 aromatic rings. The summed E-state index contributed by atoms with van der Waals surface area (Å²) >= 11 is 0. The van der Waals surface area contributed by atoms with Gasteiger partial charge in [0.05, 0.1) is 11.4 Å². The molecule has 0 radical (unpaired) electrons. The summed E-state index contributed by atoms with van der Waals surface area (Å²) in [5.74, 6) is 0. The lowest BCUT2D eigenvalue weighted by Crippen LogP contribution is -2.44. The standard InChI is InChI=1S/C12H23N5O2S.2ClH/c1-10-12(11(2)16-15-10)20(18,19)14-4-3-7-17-8-5-13-6-9-17;;/h13-14H,3-9H2,1-2H3,(H,15,16);2*1H. The van der Waals surface area contributed by atoms with E-state index in [-0.39, 0.29) is 29.7 Å². The number of piperazine rings is 1. The molecular formula is C12H25Cl2N5O2S. The zero-order chi connectivity index (χ0) is 14.6. The van der Waals surface area contributed by atoms with Gasteiger partial charge in [-0.3, -0.25) is 5.10 Å². The molecule has 1 fully saturated rings. The minimum atomic E-state index is -3.46. The number of nitrogens with zero attached hydrogens (tertiary/aromatic N) is 2. The smallest absolute Gasteiger partial charge is 0.244 e. The van der Waals surface area contributed by atoms with Crippen molar-refractivity contribution in [2.75, 3.05) is 39.3 Å². The van der Waals surface area contributed by atoms with E-state index in [2.05, 4.69) is 25.1 Å². The van der Waals surface area contributed by atoms with Crippen molar-refractivity contribution >= 4 is 34.8 Å². The average Bonchev–Trinajstić information content (AvgIpc) is 2.76. The minimum absolute atomic E-state index is 0. The highest BCUT2D eigenvalue weighted by atomic mass is 35.5. The molecule has 0 aromatic carbocycles. The van der Waals surface area contributed by atoms with Gasteiger partial charge >= 0.3 is 0 Å². The van der Waals surface area contributed by atoms with Crippen LogP contribution in [0.4, 0.5) is 0 Å². The maximum absolute atomic E-state index is 12.2. The number of H-pyrrole nitrogens is 1. The number of rotatable bonds is 6. The van der Waals surface area contributed by atoms with E-state index in [1.807, 2.05) is 0 Å². The third-order valence-corrected chi connectivity index (χ3v) is 5.21. The predicted octanol–water partition coefficient (Wildman–Crippen LogP) is 0.444. The van der Waals surface area contributed by atoms with Crippen LogP contribution in [0.5, 0.6) is 0 Å². The van der Waals surface area contributed by atoms with Gasteiger partial charge in [0.15, 0.2) is 0 Å². The molecule has 0 bridgehead atoms. The molecule has 0 spiro atoms. The zero-order valence-corrected chi connectivity index (χ0v) is 15.3. The number of hydrogen-bond acceptors (Lipinski definition) is 5. The zero-order valence-electron chi connectivity index (χ0n) is 12.9. The molecule has 2 heterocycles. The van der Waals surface area contributed by atoms with Crippen molar-refractivity contribution in [3.8, 4) is 0 Å². The molecule has 0 unspecified atom stereocenters. The van der Waals surface area contributed by atoms with Gasteiger partial charge in [-0.1, -0.05) is 0 Å². The van der Waals surface area contributed by atoms with Gasteiger partial charge in [0, 0.05) is 32.7 Å². The van der Waals surface area contributed by atoms with Gasteiger partial charge in [0.2, 0.25) is 10.0 Å². The lowest BCUT2D eigenvalue weighted by Gasteiger charge is -2.27. The maximum atomic E-state index is 12.2. The Morgan fingerprint density at radius 1 is 1.23 bits per heavy atom. The first-order chi connectivity index (χ1) is 9.50. The molecule has 1 aromatic heterocycles. The van der Waals surface area contributed by atoms with Crippen LogP contribution in [0.15, 0.2) is 4.90 Å². The second-order valence-electron chi connectivity index (χ2n) is 5.11. The fraction of sp³-hybridized carbons (Fsp3) is 0.750. The maximum Gasteiger partial charge on any atom is 0.244 e. The quantitative estimate of drug-likeness (QED) is 0.629. The molecule has 7 nitrogen and oxygen atoms in total. The Morgan fingerprint density at radius 2 is 1.86 bits per heavy atom. The van der Waals surface area contributed by atoms with Crippen molar-refractivity contribution in [2.45, 2.75) is 25.2 Å². The normalized spacial score (nSPS) is 15.9. The van der Waals surface area contributed by atoms with Crippen molar-refractivity contribution in [1.29, 1.82) is 0 Å². The summed E-state index contributed by atoms with van der Waals surface area (Å²) in [5.41, 5.74) is 1.09. The van der Waals surface area contributed by atoms with Crippen LogP contribution in [0.1, 0.15) is 17.8 Å². The molecule has 0 saturated carbocycles. The van der Waals surface area contributed by atoms with E-state index in [4.69, 9.17) is 0 Å². The van der Waals surface area contributed by atoms with Crippen molar-refractivity contribution in [3.63, 3.8) is 0 Å². The summed E-state index contributed by atoms with van der Waals surface area (Å²) in [6.45, 7) is 8.88. The van der Waals surface area contributed by atoms with Gasteiger partial charge in [-0.2, -0.15) is 5.10 Å². The number of halogens is 2. The number of hydrogen-bond donors (Lipinski definition) is 3. The van der Waals surface area contributed by atoms with Crippen LogP contribution in [-0.2, 0) is 10.0 Å². The fourth-order valence-electron chi connectivity index (χ4n) is 2.45. The Bertz CT molecular complexity index is 524. The first-order valence-corrected chi connectivity index (χ1v) is 8.43. The van der Waals surface area contributed by atoms with E-state index in [0.29, 0.717) is 17.9 Å². The lowest BCUT2D eigenvalue weighted by atomic mass is 10.3. The molecular weight excluding hydrogens is 349 g/mol. The van der Waals surface area contributed by atoms with Crippen molar-refractivity contribution < 1.29 is 8.42 Å². The van der Waals surface area contributed by atoms with E-state index in [1.165, 1.54) is 0 Å². The summed E-state index contributed by atoms with van der Waals surface area (Å²) in [7, 11) is -3.46. The van der Waals surface area contributed by atoms with E-state index in [1.54, 1.807) is 13.8 Å². The summed E-state index contributed by atoms with van der Waals surface area (Å²) in [5, 5.41) is 9.92. The SMILES string of the molecule is Cc1n[nH]c(C)c1S(=O)(=O)NCCCN1CCNCC1.Cl.Cl. The van der Waals surface area contributed by atoms with Gasteiger partial charge in [-0.15, -0.1) is 24.8 Å². The van der Waals surface area contributed by atoms with Crippen molar-refractivity contribution in [1.82, 2.24) is 25.1 Å². The molecule has 10 heteroatoms. The number of aryl methyl sites for hydroxylation is 2. The molecule has 1 saturated heterocycles. The van der Waals surface area contributed by atoms with E-state index < -0.39 is 10.0 Å². The number of nitrogens with one attached hydrogen (secondary N) is 3. The summed E-state index contributed by atoms with van der Waals surface area (Å²) in [6, 6.07) is 0. The van der Waals surface area contributed by atoms with Crippen molar-refractivity contribution in [2.24, 2.45) is 0 Å². The van der Waals surface area contributed by atoms with Gasteiger partial charge in [0.25, 0.3) is 0 Å². The highest BCUT2D eigenvalue weighted by Gasteiger charge is 2.21. The Morgan fingerprint density at radius 3 is 2.41 bits per heavy atom. The number of sulfonamides is 1. The Labute approximate surface area is 144 Å². The highest BCUT2D eigenvalue weighted by molar-refractivity contribution is 7.89. The Hall–Kier alpha value is -0.380. The third-order valence-electron chi connectivity index (χ3n) is 3.48. The molecule has 130 valence electrons. The molecule has 0 atom stereocenters. The first kappa shape index (κ1) is 21.6.